The molecule has 1 unspecified atom stereocenters. The summed E-state index contributed by atoms with van der Waals surface area (Å²) in [6, 6.07) is 0. The Hall–Kier alpha value is -1.57. The maximum Gasteiger partial charge on any atom is 0.345 e. The smallest absolute Gasteiger partial charge is 0.345 e. The summed E-state index contributed by atoms with van der Waals surface area (Å²) in [5.74, 6) is -0.396. The van der Waals surface area contributed by atoms with Crippen molar-refractivity contribution >= 4 is 5.82 Å². The highest BCUT2D eigenvalue weighted by Gasteiger charge is 2.33. The Morgan fingerprint density at radius 2 is 2.40 bits per heavy atom. The van der Waals surface area contributed by atoms with Crippen LogP contribution < -0.4 is 5.73 Å². The van der Waals surface area contributed by atoms with Crippen molar-refractivity contribution in [3.05, 3.63) is 21.9 Å². The van der Waals surface area contributed by atoms with Crippen LogP contribution in [-0.2, 0) is 6.42 Å². The zero-order valence-electron chi connectivity index (χ0n) is 7.91. The van der Waals surface area contributed by atoms with Crippen LogP contribution in [0.3, 0.4) is 0 Å². The fraction of sp³-hybridized carbons (Fsp3) is 0.571. The zero-order valence-corrected chi connectivity index (χ0v) is 7.91. The van der Waals surface area contributed by atoms with Gasteiger partial charge in [0.2, 0.25) is 0 Å². The zero-order chi connectivity index (χ0) is 11.6. The predicted octanol–water partition coefficient (Wildman–Crippen LogP) is 0.843. The molecule has 0 aliphatic carbocycles. The van der Waals surface area contributed by atoms with E-state index in [0.717, 1.165) is 13.1 Å². The van der Waals surface area contributed by atoms with E-state index in [9.17, 15) is 18.9 Å². The first-order chi connectivity index (χ1) is 6.84. The number of alkyl halides is 2. The fourth-order valence-electron chi connectivity index (χ4n) is 1.08. The molecule has 0 aliphatic rings. The molecule has 0 aliphatic heterocycles. The number of nitrogens with two attached hydrogens (primary N) is 1. The molecule has 1 aromatic rings. The fourth-order valence-corrected chi connectivity index (χ4v) is 1.08. The van der Waals surface area contributed by atoms with Gasteiger partial charge in [0.15, 0.2) is 0 Å². The molecule has 6 nitrogen and oxygen atoms in total. The molecule has 0 bridgehead atoms. The van der Waals surface area contributed by atoms with E-state index in [2.05, 4.69) is 10.2 Å². The van der Waals surface area contributed by atoms with Crippen LogP contribution in [0.1, 0.15) is 12.5 Å². The maximum atomic E-state index is 12.4. The average Bonchev–Trinajstić information content (AvgIpc) is 2.51. The van der Waals surface area contributed by atoms with Gasteiger partial charge in [-0.2, -0.15) is 0 Å². The predicted molar refractivity (Wildman–Crippen MR) is 47.5 cm³/mol. The largest absolute Gasteiger partial charge is 0.358 e. The second-order valence-corrected chi connectivity index (χ2v) is 3.48. The van der Waals surface area contributed by atoms with E-state index in [-0.39, 0.29) is 12.0 Å². The van der Waals surface area contributed by atoms with Gasteiger partial charge in [0.1, 0.15) is 0 Å². The number of nitro groups is 1. The molecular weight excluding hydrogens is 210 g/mol. The molecule has 1 heterocycles. The molecule has 0 fully saturated rings. The number of H-pyrrole nitrogens is 1. The first-order valence-electron chi connectivity index (χ1n) is 4.08. The van der Waals surface area contributed by atoms with Crippen molar-refractivity contribution < 1.29 is 13.7 Å². The van der Waals surface area contributed by atoms with E-state index in [1.165, 1.54) is 0 Å². The van der Waals surface area contributed by atoms with Gasteiger partial charge >= 0.3 is 5.82 Å². The summed E-state index contributed by atoms with van der Waals surface area (Å²) in [4.78, 5) is 9.73. The van der Waals surface area contributed by atoms with Crippen molar-refractivity contribution in [2.45, 2.75) is 25.3 Å². The average molecular weight is 220 g/mol. The monoisotopic (exact) mass is 220 g/mol. The third kappa shape index (κ3) is 2.46. The molecule has 0 amide bonds. The lowest BCUT2D eigenvalue weighted by molar-refractivity contribution is -0.390. The summed E-state index contributed by atoms with van der Waals surface area (Å²) >= 11 is 0. The molecule has 1 rings (SSSR count). The first-order valence-corrected chi connectivity index (χ1v) is 4.08. The highest BCUT2D eigenvalue weighted by molar-refractivity contribution is 5.31. The van der Waals surface area contributed by atoms with Crippen LogP contribution in [0, 0.1) is 10.1 Å². The van der Waals surface area contributed by atoms with Crippen LogP contribution in [0.4, 0.5) is 14.6 Å². The van der Waals surface area contributed by atoms with Crippen molar-refractivity contribution in [2.75, 3.05) is 0 Å². The van der Waals surface area contributed by atoms with Gasteiger partial charge in [0, 0.05) is 6.42 Å². The molecule has 8 heteroatoms. The van der Waals surface area contributed by atoms with Gasteiger partial charge in [-0.1, -0.05) is 5.10 Å². The second-order valence-electron chi connectivity index (χ2n) is 3.48. The first kappa shape index (κ1) is 11.5. The highest BCUT2D eigenvalue weighted by atomic mass is 19.3. The SMILES string of the molecule is CC(N)(Cc1cn[nH]c1[N+](=O)[O-])C(F)F. The number of hydrogen-bond acceptors (Lipinski definition) is 4. The Bertz CT molecular complexity index is 364. The maximum absolute atomic E-state index is 12.4. The van der Waals surface area contributed by atoms with Gasteiger partial charge in [0.05, 0.1) is 17.3 Å². The number of aromatic amines is 1. The van der Waals surface area contributed by atoms with Crippen molar-refractivity contribution in [1.82, 2.24) is 10.2 Å². The molecule has 0 spiro atoms. The summed E-state index contributed by atoms with van der Waals surface area (Å²) in [7, 11) is 0. The van der Waals surface area contributed by atoms with Crippen molar-refractivity contribution in [2.24, 2.45) is 5.73 Å². The lowest BCUT2D eigenvalue weighted by Crippen LogP contribution is -2.45. The lowest BCUT2D eigenvalue weighted by atomic mass is 9.96. The van der Waals surface area contributed by atoms with Gasteiger partial charge in [-0.15, -0.1) is 5.10 Å². The van der Waals surface area contributed by atoms with Crippen LogP contribution >= 0.6 is 0 Å². The molecule has 0 aromatic carbocycles. The van der Waals surface area contributed by atoms with Gasteiger partial charge in [-0.3, -0.25) is 0 Å². The minimum atomic E-state index is -2.76. The Morgan fingerprint density at radius 3 is 2.87 bits per heavy atom. The highest BCUT2D eigenvalue weighted by Crippen LogP contribution is 2.22. The molecule has 84 valence electrons. The van der Waals surface area contributed by atoms with E-state index in [4.69, 9.17) is 5.73 Å². The molecule has 0 radical (unpaired) electrons. The Labute approximate surface area is 83.6 Å². The quantitative estimate of drug-likeness (QED) is 0.580. The molecular formula is C7H10F2N4O2. The van der Waals surface area contributed by atoms with E-state index in [1.54, 1.807) is 0 Å². The molecule has 1 atom stereocenters. The Kier molecular flexibility index (Phi) is 2.98. The Balaban J connectivity index is 2.90. The van der Waals surface area contributed by atoms with Gasteiger partial charge in [-0.25, -0.2) is 8.78 Å². The summed E-state index contributed by atoms with van der Waals surface area (Å²) in [6.07, 6.45) is -1.93. The van der Waals surface area contributed by atoms with Gasteiger partial charge < -0.3 is 15.8 Å². The number of halogens is 2. The second kappa shape index (κ2) is 3.89. The summed E-state index contributed by atoms with van der Waals surface area (Å²) in [6.45, 7) is 1.13. The van der Waals surface area contributed by atoms with Crippen molar-refractivity contribution in [3.63, 3.8) is 0 Å². The number of nitrogens with zero attached hydrogens (tertiary/aromatic N) is 2. The van der Waals surface area contributed by atoms with E-state index < -0.39 is 22.7 Å². The number of aromatic nitrogens is 2. The van der Waals surface area contributed by atoms with E-state index in [0.29, 0.717) is 0 Å². The third-order valence-electron chi connectivity index (χ3n) is 1.95. The molecule has 0 saturated heterocycles. The van der Waals surface area contributed by atoms with Gasteiger partial charge in [0.25, 0.3) is 6.43 Å². The van der Waals surface area contributed by atoms with Gasteiger partial charge in [-0.05, 0) is 11.8 Å². The van der Waals surface area contributed by atoms with Crippen LogP contribution in [0.5, 0.6) is 0 Å². The topological polar surface area (TPSA) is 97.8 Å². The third-order valence-corrected chi connectivity index (χ3v) is 1.95. The molecule has 1 aromatic heterocycles. The summed E-state index contributed by atoms with van der Waals surface area (Å²) in [5.41, 5.74) is 3.58. The van der Waals surface area contributed by atoms with Crippen LogP contribution in [-0.4, -0.2) is 27.1 Å². The van der Waals surface area contributed by atoms with Crippen LogP contribution in [0.2, 0.25) is 0 Å². The molecule has 3 N–H and O–H groups in total. The minimum Gasteiger partial charge on any atom is -0.358 e. The summed E-state index contributed by atoms with van der Waals surface area (Å²) < 4.78 is 24.8. The standard InChI is InChI=1S/C7H10F2N4O2/c1-7(10,6(8)9)2-4-3-11-12-5(4)13(14)15/h3,6H,2,10H2,1H3,(H,11,12). The van der Waals surface area contributed by atoms with E-state index in [1.807, 2.05) is 0 Å². The number of nitrogens with one attached hydrogen (secondary N) is 1. The van der Waals surface area contributed by atoms with E-state index >= 15 is 0 Å². The molecule has 0 saturated carbocycles. The van der Waals surface area contributed by atoms with Crippen molar-refractivity contribution in [1.29, 1.82) is 0 Å². The van der Waals surface area contributed by atoms with Crippen LogP contribution in [0.25, 0.3) is 0 Å². The number of rotatable bonds is 4. The lowest BCUT2D eigenvalue weighted by Gasteiger charge is -2.22. The normalized spacial score (nSPS) is 15.3. The minimum absolute atomic E-state index is 0.0744. The molecule has 15 heavy (non-hydrogen) atoms. The Morgan fingerprint density at radius 1 is 1.80 bits per heavy atom. The van der Waals surface area contributed by atoms with Crippen molar-refractivity contribution in [3.8, 4) is 0 Å². The summed E-state index contributed by atoms with van der Waals surface area (Å²) in [5, 5.41) is 16.0. The number of hydrogen-bond donors (Lipinski definition) is 2. The van der Waals surface area contributed by atoms with Crippen LogP contribution in [0.15, 0.2) is 6.20 Å².